The fourth-order valence-electron chi connectivity index (χ4n) is 1.35. The van der Waals surface area contributed by atoms with Crippen LogP contribution in [0.25, 0.3) is 0 Å². The lowest BCUT2D eigenvalue weighted by Crippen LogP contribution is -2.45. The molecular weight excluding hydrogens is 270 g/mol. The molecule has 1 rings (SSSR count). The maximum atomic E-state index is 11.4. The van der Waals surface area contributed by atoms with Crippen LogP contribution in [0.1, 0.15) is 20.3 Å². The van der Waals surface area contributed by atoms with Crippen LogP contribution < -0.4 is 10.6 Å². The first-order valence-corrected chi connectivity index (χ1v) is 7.00. The number of thioether (sulfide) groups is 1. The van der Waals surface area contributed by atoms with Crippen LogP contribution in [-0.2, 0) is 14.4 Å². The number of nitrogens with one attached hydrogen (secondary N) is 2. The molecule has 0 spiro atoms. The number of nitrogens with zero attached hydrogens (tertiary/aromatic N) is 1. The Hall–Kier alpha value is -1.57. The van der Waals surface area contributed by atoms with E-state index >= 15 is 0 Å². The van der Waals surface area contributed by atoms with Gasteiger partial charge in [0.15, 0.2) is 0 Å². The van der Waals surface area contributed by atoms with E-state index in [-0.39, 0.29) is 36.0 Å². The van der Waals surface area contributed by atoms with Crippen molar-refractivity contribution in [2.24, 2.45) is 0 Å². The van der Waals surface area contributed by atoms with Crippen LogP contribution in [0.2, 0.25) is 0 Å². The number of carbonyl (C=O) groups excluding carboxylic acids is 4. The lowest BCUT2D eigenvalue weighted by Gasteiger charge is -2.14. The molecule has 0 saturated carbocycles. The minimum atomic E-state index is -0.757. The molecule has 4 amide bonds. The Morgan fingerprint density at radius 3 is 2.58 bits per heavy atom. The van der Waals surface area contributed by atoms with Crippen LogP contribution in [-0.4, -0.2) is 52.7 Å². The van der Waals surface area contributed by atoms with E-state index in [9.17, 15) is 19.2 Å². The maximum absolute atomic E-state index is 11.4. The van der Waals surface area contributed by atoms with E-state index < -0.39 is 11.8 Å². The zero-order valence-corrected chi connectivity index (χ0v) is 11.7. The molecule has 8 heteroatoms. The van der Waals surface area contributed by atoms with Gasteiger partial charge in [-0.1, -0.05) is 18.7 Å². The second kappa shape index (κ2) is 7.13. The van der Waals surface area contributed by atoms with E-state index in [1.165, 1.54) is 0 Å². The molecule has 1 unspecified atom stereocenters. The molecule has 1 heterocycles. The van der Waals surface area contributed by atoms with Crippen LogP contribution in [0.4, 0.5) is 4.79 Å². The first kappa shape index (κ1) is 15.5. The van der Waals surface area contributed by atoms with Crippen LogP contribution in [0.3, 0.4) is 0 Å². The van der Waals surface area contributed by atoms with Crippen LogP contribution in [0.15, 0.2) is 0 Å². The molecule has 0 aromatic rings. The summed E-state index contributed by atoms with van der Waals surface area (Å²) in [6, 6.07) is -0.0728. The number of rotatable bonds is 5. The number of imide groups is 1. The van der Waals surface area contributed by atoms with Gasteiger partial charge in [-0.3, -0.25) is 24.1 Å². The highest BCUT2D eigenvalue weighted by Gasteiger charge is 2.29. The Morgan fingerprint density at radius 2 is 2.05 bits per heavy atom. The monoisotopic (exact) mass is 287 g/mol. The predicted molar refractivity (Wildman–Crippen MR) is 70.5 cm³/mol. The largest absolute Gasteiger partial charge is 0.346 e. The van der Waals surface area contributed by atoms with Gasteiger partial charge in [0.1, 0.15) is 0 Å². The molecule has 0 radical (unpaired) electrons. The van der Waals surface area contributed by atoms with E-state index in [0.29, 0.717) is 0 Å². The van der Waals surface area contributed by atoms with E-state index in [1.54, 1.807) is 6.92 Å². The lowest BCUT2D eigenvalue weighted by atomic mass is 10.2. The number of amides is 4. The number of carbonyl (C=O) groups is 4. The van der Waals surface area contributed by atoms with Crippen molar-refractivity contribution < 1.29 is 19.2 Å². The standard InChI is InChI=1S/C11H17N3O4S/c1-3-7(2)13-10(17)9(16)12-4-5-14-8(15)6-19-11(14)18/h7H,3-6H2,1-2H3,(H,12,16)(H,13,17). The quantitative estimate of drug-likeness (QED) is 0.678. The second-order valence-corrected chi connectivity index (χ2v) is 5.07. The van der Waals surface area contributed by atoms with Crippen molar-refractivity contribution in [2.75, 3.05) is 18.8 Å². The third-order valence-electron chi connectivity index (χ3n) is 2.66. The molecule has 1 aliphatic rings. The summed E-state index contributed by atoms with van der Waals surface area (Å²) in [5, 5.41) is 4.58. The Morgan fingerprint density at radius 1 is 1.37 bits per heavy atom. The predicted octanol–water partition coefficient (Wildman–Crippen LogP) is -0.287. The molecule has 1 fully saturated rings. The third-order valence-corrected chi connectivity index (χ3v) is 3.52. The molecule has 19 heavy (non-hydrogen) atoms. The van der Waals surface area contributed by atoms with Gasteiger partial charge in [-0.15, -0.1) is 0 Å². The van der Waals surface area contributed by atoms with Crippen molar-refractivity contribution in [3.63, 3.8) is 0 Å². The average Bonchev–Trinajstić information content (AvgIpc) is 2.69. The molecule has 7 nitrogen and oxygen atoms in total. The summed E-state index contributed by atoms with van der Waals surface area (Å²) < 4.78 is 0. The summed E-state index contributed by atoms with van der Waals surface area (Å²) >= 11 is 0.935. The Balaban J connectivity index is 2.29. The third kappa shape index (κ3) is 4.55. The SMILES string of the molecule is CCC(C)NC(=O)C(=O)NCCN1C(=O)CSC1=O. The van der Waals surface area contributed by atoms with E-state index in [2.05, 4.69) is 10.6 Å². The van der Waals surface area contributed by atoms with Crippen molar-refractivity contribution in [3.05, 3.63) is 0 Å². The van der Waals surface area contributed by atoms with Crippen molar-refractivity contribution in [1.82, 2.24) is 15.5 Å². The number of hydrogen-bond donors (Lipinski definition) is 2. The molecule has 1 aliphatic heterocycles. The zero-order valence-electron chi connectivity index (χ0n) is 10.9. The van der Waals surface area contributed by atoms with Gasteiger partial charge in [-0.05, 0) is 13.3 Å². The minimum absolute atomic E-state index is 0.0728. The summed E-state index contributed by atoms with van der Waals surface area (Å²) in [6.45, 7) is 3.85. The fraction of sp³-hybridized carbons (Fsp3) is 0.636. The fourth-order valence-corrected chi connectivity index (χ4v) is 2.10. The molecule has 106 valence electrons. The van der Waals surface area contributed by atoms with Crippen molar-refractivity contribution in [1.29, 1.82) is 0 Å². The summed E-state index contributed by atoms with van der Waals surface area (Å²) in [4.78, 5) is 46.4. The van der Waals surface area contributed by atoms with Crippen LogP contribution >= 0.6 is 11.8 Å². The summed E-state index contributed by atoms with van der Waals surface area (Å²) in [5.74, 6) is -1.59. The normalized spacial score (nSPS) is 16.4. The molecule has 1 saturated heterocycles. The Labute approximate surface area is 115 Å². The van der Waals surface area contributed by atoms with E-state index in [0.717, 1.165) is 23.1 Å². The summed E-state index contributed by atoms with van der Waals surface area (Å²) in [7, 11) is 0. The van der Waals surface area contributed by atoms with Gasteiger partial charge >= 0.3 is 11.8 Å². The number of hydrogen-bond acceptors (Lipinski definition) is 5. The smallest absolute Gasteiger partial charge is 0.309 e. The van der Waals surface area contributed by atoms with Crippen molar-refractivity contribution in [2.45, 2.75) is 26.3 Å². The first-order chi connectivity index (χ1) is 8.95. The van der Waals surface area contributed by atoms with Gasteiger partial charge in [0.25, 0.3) is 5.24 Å². The molecule has 2 N–H and O–H groups in total. The van der Waals surface area contributed by atoms with E-state index in [1.807, 2.05) is 6.92 Å². The molecule has 0 aromatic carbocycles. The van der Waals surface area contributed by atoms with Gasteiger partial charge < -0.3 is 10.6 Å². The molecular formula is C11H17N3O4S. The summed E-state index contributed by atoms with van der Waals surface area (Å²) in [5.41, 5.74) is 0. The van der Waals surface area contributed by atoms with Crippen molar-refractivity contribution in [3.8, 4) is 0 Å². The van der Waals surface area contributed by atoms with Gasteiger partial charge in [-0.25, -0.2) is 0 Å². The summed E-state index contributed by atoms with van der Waals surface area (Å²) in [6.07, 6.45) is 0.729. The Kier molecular flexibility index (Phi) is 5.81. The molecule has 1 atom stereocenters. The topological polar surface area (TPSA) is 95.6 Å². The van der Waals surface area contributed by atoms with Crippen LogP contribution in [0.5, 0.6) is 0 Å². The zero-order chi connectivity index (χ0) is 14.4. The first-order valence-electron chi connectivity index (χ1n) is 6.01. The highest BCUT2D eigenvalue weighted by atomic mass is 32.2. The van der Waals surface area contributed by atoms with Gasteiger partial charge in [0, 0.05) is 19.1 Å². The maximum Gasteiger partial charge on any atom is 0.309 e. The van der Waals surface area contributed by atoms with Gasteiger partial charge in [0.2, 0.25) is 5.91 Å². The van der Waals surface area contributed by atoms with E-state index in [4.69, 9.17) is 0 Å². The highest BCUT2D eigenvalue weighted by Crippen LogP contribution is 2.17. The van der Waals surface area contributed by atoms with Gasteiger partial charge in [-0.2, -0.15) is 0 Å². The van der Waals surface area contributed by atoms with Crippen molar-refractivity contribution >= 4 is 34.7 Å². The van der Waals surface area contributed by atoms with Gasteiger partial charge in [0.05, 0.1) is 5.75 Å². The second-order valence-electron chi connectivity index (χ2n) is 4.14. The van der Waals surface area contributed by atoms with Crippen LogP contribution in [0, 0.1) is 0 Å². The minimum Gasteiger partial charge on any atom is -0.346 e. The molecule has 0 aliphatic carbocycles. The average molecular weight is 287 g/mol. The molecule has 0 bridgehead atoms. The Bertz CT molecular complexity index is 383. The lowest BCUT2D eigenvalue weighted by molar-refractivity contribution is -0.139. The molecule has 0 aromatic heterocycles. The highest BCUT2D eigenvalue weighted by molar-refractivity contribution is 8.14.